The van der Waals surface area contributed by atoms with Gasteiger partial charge in [0, 0.05) is 5.92 Å². The van der Waals surface area contributed by atoms with Gasteiger partial charge in [0.15, 0.2) is 16.6 Å². The van der Waals surface area contributed by atoms with E-state index >= 15 is 0 Å². The van der Waals surface area contributed by atoms with Crippen molar-refractivity contribution in [1.29, 1.82) is 0 Å². The van der Waals surface area contributed by atoms with Crippen LogP contribution in [0, 0.1) is 0 Å². The third-order valence-electron chi connectivity index (χ3n) is 11.8. The van der Waals surface area contributed by atoms with Crippen molar-refractivity contribution in [3.63, 3.8) is 0 Å². The molecule has 0 saturated carbocycles. The molecule has 378 valence electrons. The Morgan fingerprint density at radius 3 is 1.59 bits per heavy atom. The van der Waals surface area contributed by atoms with Crippen LogP contribution < -0.4 is 0 Å². The number of esters is 2. The third kappa shape index (κ3) is 22.8. The third-order valence-corrected chi connectivity index (χ3v) is 20.7. The zero-order valence-electron chi connectivity index (χ0n) is 42.6. The summed E-state index contributed by atoms with van der Waals surface area (Å²) in [6, 6.07) is 37.9. The van der Waals surface area contributed by atoms with E-state index in [9.17, 15) is 14.7 Å². The summed E-state index contributed by atoms with van der Waals surface area (Å²) < 4.78 is 32.7. The van der Waals surface area contributed by atoms with Gasteiger partial charge >= 0.3 is 17.7 Å². The van der Waals surface area contributed by atoms with Crippen LogP contribution in [0.1, 0.15) is 83.1 Å². The van der Waals surface area contributed by atoms with Crippen molar-refractivity contribution in [2.75, 3.05) is 34.2 Å². The van der Waals surface area contributed by atoms with Crippen molar-refractivity contribution < 1.29 is 47.3 Å². The Morgan fingerprint density at radius 1 is 0.696 bits per heavy atom. The van der Waals surface area contributed by atoms with E-state index in [1.165, 1.54) is 20.3 Å². The number of aliphatic hydroxyl groups is 1. The van der Waals surface area contributed by atoms with Crippen LogP contribution in [0.25, 0.3) is 5.53 Å². The molecule has 4 rings (SSSR count). The van der Waals surface area contributed by atoms with E-state index in [4.69, 9.17) is 28.6 Å². The fourth-order valence-corrected chi connectivity index (χ4v) is 7.87. The van der Waals surface area contributed by atoms with Crippen LogP contribution in [0.4, 0.5) is 0 Å². The first-order valence-electron chi connectivity index (χ1n) is 22.6. The number of hydrogen-bond donors (Lipinski definition) is 1. The average Bonchev–Trinajstić information content (AvgIpc) is 3.32. The molecule has 69 heavy (non-hydrogen) atoms. The normalized spacial score (nSPS) is 12.8. The van der Waals surface area contributed by atoms with Gasteiger partial charge in [0.25, 0.3) is 0 Å². The second-order valence-corrected chi connectivity index (χ2v) is 28.3. The maximum absolute atomic E-state index is 12.3. The van der Waals surface area contributed by atoms with Crippen molar-refractivity contribution in [2.45, 2.75) is 116 Å². The SMILES string of the molecule is C.C=CCO[Si](C)(C)C(C)(C)C.C=C[C@H](O)[C@H](COCOCc1ccccc1)c1ccccc1.C=C[C@H](O[Si](C)(C)C(C)(C)C)[C@H](C(=O)OC)c1ccccc1.COC(=O)C(=[N+]=[N-])c1ccccc1. The number of aliphatic hydroxyl groups excluding tert-OH is 1. The van der Waals surface area contributed by atoms with E-state index in [1.54, 1.807) is 36.4 Å². The van der Waals surface area contributed by atoms with Crippen molar-refractivity contribution >= 4 is 34.3 Å². The minimum absolute atomic E-state index is 0. The van der Waals surface area contributed by atoms with E-state index in [0.717, 1.165) is 16.7 Å². The maximum atomic E-state index is 12.3. The Hall–Kier alpha value is -5.35. The van der Waals surface area contributed by atoms with Crippen molar-refractivity contribution in [3.8, 4) is 0 Å². The first kappa shape index (κ1) is 63.7. The van der Waals surface area contributed by atoms with Crippen LogP contribution in [0.2, 0.25) is 36.3 Å². The summed E-state index contributed by atoms with van der Waals surface area (Å²) >= 11 is 0. The molecule has 0 spiro atoms. The van der Waals surface area contributed by atoms with Gasteiger partial charge in [-0.25, -0.2) is 4.79 Å². The summed E-state index contributed by atoms with van der Waals surface area (Å²) in [5, 5.41) is 10.4. The Bertz CT molecular complexity index is 2120. The molecule has 0 saturated heterocycles. The molecule has 0 unspecified atom stereocenters. The number of ether oxygens (including phenoxy) is 4. The minimum atomic E-state index is -2.02. The van der Waals surface area contributed by atoms with Crippen LogP contribution in [0.3, 0.4) is 0 Å². The van der Waals surface area contributed by atoms with Gasteiger partial charge in [-0.3, -0.25) is 4.79 Å². The predicted molar refractivity (Wildman–Crippen MR) is 287 cm³/mol. The highest BCUT2D eigenvalue weighted by molar-refractivity contribution is 6.74. The molecule has 0 aromatic heterocycles. The fourth-order valence-electron chi connectivity index (χ4n) is 5.63. The summed E-state index contributed by atoms with van der Waals surface area (Å²) in [5.74, 6) is -1.58. The molecular weight excluding hydrogens is 901 g/mol. The van der Waals surface area contributed by atoms with Gasteiger partial charge in [-0.1, -0.05) is 176 Å². The lowest BCUT2D eigenvalue weighted by Crippen LogP contribution is -2.46. The summed E-state index contributed by atoms with van der Waals surface area (Å²) in [7, 11) is -0.879. The summed E-state index contributed by atoms with van der Waals surface area (Å²) in [4.78, 5) is 26.2. The van der Waals surface area contributed by atoms with Crippen LogP contribution in [0.15, 0.2) is 159 Å². The zero-order chi connectivity index (χ0) is 51.4. The molecule has 0 heterocycles. The summed E-state index contributed by atoms with van der Waals surface area (Å²) in [6.07, 6.45) is 4.04. The van der Waals surface area contributed by atoms with Gasteiger partial charge in [-0.2, -0.15) is 4.79 Å². The molecular formula is C56H82N2O9Si2. The number of carbonyl (C=O) groups excluding carboxylic acids is 2. The molecule has 0 amide bonds. The molecule has 11 nitrogen and oxygen atoms in total. The molecule has 4 atom stereocenters. The molecule has 0 aliphatic carbocycles. The number of nitrogens with zero attached hydrogens (tertiary/aromatic N) is 2. The lowest BCUT2D eigenvalue weighted by molar-refractivity contribution is -0.144. The van der Waals surface area contributed by atoms with E-state index < -0.39 is 40.7 Å². The largest absolute Gasteiger partial charge is 0.468 e. The van der Waals surface area contributed by atoms with E-state index in [1.807, 2.05) is 97.1 Å². The molecule has 0 fully saturated rings. The van der Waals surface area contributed by atoms with Gasteiger partial charge in [0.2, 0.25) is 0 Å². The lowest BCUT2D eigenvalue weighted by Gasteiger charge is -2.40. The highest BCUT2D eigenvalue weighted by atomic mass is 28.4. The highest BCUT2D eigenvalue weighted by Gasteiger charge is 2.42. The van der Waals surface area contributed by atoms with Crippen molar-refractivity contribution in [1.82, 2.24) is 0 Å². The number of methoxy groups -OCH3 is 2. The molecule has 1 N–H and O–H groups in total. The number of hydrogen-bond acceptors (Lipinski definition) is 9. The van der Waals surface area contributed by atoms with Crippen LogP contribution in [0.5, 0.6) is 0 Å². The quantitative estimate of drug-likeness (QED) is 0.0134. The number of carbonyl (C=O) groups is 2. The monoisotopic (exact) mass is 983 g/mol. The Labute approximate surface area is 417 Å². The van der Waals surface area contributed by atoms with Gasteiger partial charge in [0.05, 0.1) is 51.8 Å². The lowest BCUT2D eigenvalue weighted by atomic mass is 9.93. The highest BCUT2D eigenvalue weighted by Crippen LogP contribution is 2.40. The minimum Gasteiger partial charge on any atom is -0.468 e. The van der Waals surface area contributed by atoms with Crippen molar-refractivity contribution in [2.24, 2.45) is 0 Å². The van der Waals surface area contributed by atoms with E-state index in [2.05, 4.69) is 97.0 Å². The van der Waals surface area contributed by atoms with Crippen LogP contribution >= 0.6 is 0 Å². The maximum Gasteiger partial charge on any atom is 0.422 e. The Kier molecular flexibility index (Phi) is 29.9. The molecule has 0 aliphatic rings. The first-order valence-corrected chi connectivity index (χ1v) is 28.5. The van der Waals surface area contributed by atoms with Gasteiger partial charge < -0.3 is 38.4 Å². The topological polar surface area (TPSA) is 146 Å². The average molecular weight is 983 g/mol. The fraction of sp³-hybridized carbons (Fsp3) is 0.411. The second-order valence-electron chi connectivity index (χ2n) is 18.7. The molecule has 4 aromatic carbocycles. The number of rotatable bonds is 20. The molecule has 0 radical (unpaired) electrons. The zero-order valence-corrected chi connectivity index (χ0v) is 44.6. The van der Waals surface area contributed by atoms with Gasteiger partial charge in [-0.15, -0.1) is 19.7 Å². The molecule has 13 heteroatoms. The van der Waals surface area contributed by atoms with E-state index in [0.29, 0.717) is 30.4 Å². The number of benzene rings is 4. The molecule has 0 aliphatic heterocycles. The first-order chi connectivity index (χ1) is 32.0. The van der Waals surface area contributed by atoms with Gasteiger partial charge in [-0.05, 0) is 65.1 Å². The van der Waals surface area contributed by atoms with Crippen LogP contribution in [-0.2, 0) is 44.0 Å². The summed E-state index contributed by atoms with van der Waals surface area (Å²) in [6.45, 7) is 35.0. The molecule has 4 aromatic rings. The van der Waals surface area contributed by atoms with Gasteiger partial charge in [0.1, 0.15) is 12.7 Å². The summed E-state index contributed by atoms with van der Waals surface area (Å²) in [5.41, 5.74) is 12.0. The Morgan fingerprint density at radius 2 is 1.17 bits per heavy atom. The van der Waals surface area contributed by atoms with E-state index in [-0.39, 0.29) is 36.9 Å². The predicted octanol–water partition coefficient (Wildman–Crippen LogP) is 12.7. The smallest absolute Gasteiger partial charge is 0.422 e. The molecule has 0 bridgehead atoms. The van der Waals surface area contributed by atoms with Crippen molar-refractivity contribution in [3.05, 3.63) is 187 Å². The van der Waals surface area contributed by atoms with Crippen LogP contribution in [-0.4, -0.2) is 90.6 Å². The Balaban J connectivity index is 0.000000926. The second kappa shape index (κ2) is 32.5. The standard InChI is InChI=1S/C19H22O3.C18H28O3Si.C9H8N2O2.C9H20OSi.CH4/c1-2-19(20)18(17-11-7-4-8-12-17)14-22-15-21-13-16-9-5-3-6-10-16;1-8-15(21-22(6,7)18(2,3)4)16(17(19)20-5)14-12-10-9-11-13-14;1-13-9(12)8(11-10)7-5-3-2-4-6-7;1-7-8-10-11(5,6)9(2,3)4;/h2-12,18-20H,1,13-15H2;8-13,15-16H,1H2,2-7H3;2-6H,1H3;7H,1,8H2,2-6H3;1H4/t18-,19+;15-,16+;;;/m10.../s1.